The van der Waals surface area contributed by atoms with Gasteiger partial charge >= 0.3 is 0 Å². The summed E-state index contributed by atoms with van der Waals surface area (Å²) in [6.07, 6.45) is 6.73. The first-order valence-electron chi connectivity index (χ1n) is 7.05. The third-order valence-electron chi connectivity index (χ3n) is 2.95. The second-order valence-corrected chi connectivity index (χ2v) is 6.42. The normalized spacial score (nSPS) is 11.6. The van der Waals surface area contributed by atoms with Gasteiger partial charge in [-0.3, -0.25) is 4.18 Å². The molecule has 1 rings (SSSR count). The van der Waals surface area contributed by atoms with Gasteiger partial charge in [0.05, 0.1) is 6.61 Å². The van der Waals surface area contributed by atoms with E-state index in [9.17, 15) is 8.42 Å². The molecule has 0 bridgehead atoms. The summed E-state index contributed by atoms with van der Waals surface area (Å²) in [7, 11) is -3.43. The van der Waals surface area contributed by atoms with Crippen molar-refractivity contribution in [1.82, 2.24) is 0 Å². The van der Waals surface area contributed by atoms with Crippen LogP contribution < -0.4 is 0 Å². The summed E-state index contributed by atoms with van der Waals surface area (Å²) < 4.78 is 28.4. The highest BCUT2D eigenvalue weighted by Crippen LogP contribution is 2.09. The van der Waals surface area contributed by atoms with Crippen LogP contribution in [0.4, 0.5) is 0 Å². The van der Waals surface area contributed by atoms with Crippen molar-refractivity contribution in [3.63, 3.8) is 0 Å². The molecule has 0 fully saturated rings. The molecule has 19 heavy (non-hydrogen) atoms. The molecular formula is C15H24O3S. The third-order valence-corrected chi connectivity index (χ3v) is 4.16. The van der Waals surface area contributed by atoms with E-state index in [0.717, 1.165) is 24.8 Å². The lowest BCUT2D eigenvalue weighted by Crippen LogP contribution is -2.09. The van der Waals surface area contributed by atoms with Crippen LogP contribution in [0.5, 0.6) is 0 Å². The summed E-state index contributed by atoms with van der Waals surface area (Å²) >= 11 is 0. The van der Waals surface area contributed by atoms with Crippen molar-refractivity contribution in [2.45, 2.75) is 51.2 Å². The fourth-order valence-corrected chi connectivity index (χ4v) is 2.94. The molecule has 0 N–H and O–H groups in total. The van der Waals surface area contributed by atoms with E-state index in [1.54, 1.807) is 12.1 Å². The van der Waals surface area contributed by atoms with Crippen molar-refractivity contribution in [2.24, 2.45) is 0 Å². The molecule has 0 amide bonds. The summed E-state index contributed by atoms with van der Waals surface area (Å²) in [5.41, 5.74) is 0.769. The minimum absolute atomic E-state index is 0.0380. The number of hydrogen-bond donors (Lipinski definition) is 0. The van der Waals surface area contributed by atoms with Crippen LogP contribution in [0.15, 0.2) is 30.3 Å². The molecule has 0 saturated heterocycles. The van der Waals surface area contributed by atoms with Gasteiger partial charge in [0.2, 0.25) is 0 Å². The van der Waals surface area contributed by atoms with Crippen molar-refractivity contribution in [3.05, 3.63) is 35.9 Å². The molecule has 0 heterocycles. The van der Waals surface area contributed by atoms with Gasteiger partial charge in [0, 0.05) is 0 Å². The smallest absolute Gasteiger partial charge is 0.270 e. The summed E-state index contributed by atoms with van der Waals surface area (Å²) in [4.78, 5) is 0. The van der Waals surface area contributed by atoms with Gasteiger partial charge in [-0.05, 0) is 12.0 Å². The molecule has 108 valence electrons. The molecular weight excluding hydrogens is 260 g/mol. The lowest BCUT2D eigenvalue weighted by molar-refractivity contribution is 0.305. The Labute approximate surface area is 117 Å². The predicted molar refractivity (Wildman–Crippen MR) is 78.4 cm³/mol. The fraction of sp³-hybridized carbons (Fsp3) is 0.600. The van der Waals surface area contributed by atoms with Crippen molar-refractivity contribution in [3.8, 4) is 0 Å². The first-order chi connectivity index (χ1) is 9.14. The minimum atomic E-state index is -3.43. The highest BCUT2D eigenvalue weighted by molar-refractivity contribution is 7.85. The van der Waals surface area contributed by atoms with Crippen LogP contribution >= 0.6 is 0 Å². The molecule has 0 aliphatic rings. The van der Waals surface area contributed by atoms with E-state index in [-0.39, 0.29) is 5.75 Å². The Balaban J connectivity index is 2.17. The van der Waals surface area contributed by atoms with E-state index in [4.69, 9.17) is 4.18 Å². The van der Waals surface area contributed by atoms with Gasteiger partial charge in [0.1, 0.15) is 5.75 Å². The summed E-state index contributed by atoms with van der Waals surface area (Å²) in [6, 6.07) is 9.13. The molecule has 4 heteroatoms. The van der Waals surface area contributed by atoms with E-state index in [1.807, 2.05) is 18.2 Å². The largest absolute Gasteiger partial charge is 0.271 e. The summed E-state index contributed by atoms with van der Waals surface area (Å²) in [6.45, 7) is 2.49. The maximum Gasteiger partial charge on any atom is 0.271 e. The average Bonchev–Trinajstić information content (AvgIpc) is 2.38. The van der Waals surface area contributed by atoms with Crippen molar-refractivity contribution in [1.29, 1.82) is 0 Å². The number of unbranched alkanes of at least 4 members (excludes halogenated alkanes) is 5. The first kappa shape index (κ1) is 16.2. The van der Waals surface area contributed by atoms with Crippen LogP contribution in [0, 0.1) is 0 Å². The van der Waals surface area contributed by atoms with Crippen LogP contribution in [-0.2, 0) is 20.1 Å². The molecule has 1 aromatic rings. The highest BCUT2D eigenvalue weighted by Gasteiger charge is 2.11. The maximum atomic E-state index is 11.7. The summed E-state index contributed by atoms with van der Waals surface area (Å²) in [5.74, 6) is -0.0380. The monoisotopic (exact) mass is 284 g/mol. The molecule has 0 aromatic heterocycles. The average molecular weight is 284 g/mol. The zero-order valence-electron chi connectivity index (χ0n) is 11.7. The van der Waals surface area contributed by atoms with E-state index in [2.05, 4.69) is 6.92 Å². The Morgan fingerprint density at radius 3 is 2.26 bits per heavy atom. The molecule has 0 spiro atoms. The van der Waals surface area contributed by atoms with Gasteiger partial charge in [-0.2, -0.15) is 8.42 Å². The number of hydrogen-bond acceptors (Lipinski definition) is 3. The van der Waals surface area contributed by atoms with Crippen LogP contribution in [-0.4, -0.2) is 15.0 Å². The van der Waals surface area contributed by atoms with Crippen LogP contribution in [0.1, 0.15) is 51.0 Å². The molecule has 0 atom stereocenters. The lowest BCUT2D eigenvalue weighted by Gasteiger charge is -2.05. The second-order valence-electron chi connectivity index (χ2n) is 4.78. The van der Waals surface area contributed by atoms with Gasteiger partial charge in [0.15, 0.2) is 0 Å². The van der Waals surface area contributed by atoms with Gasteiger partial charge in [-0.15, -0.1) is 0 Å². The minimum Gasteiger partial charge on any atom is -0.270 e. The predicted octanol–water partition coefficient (Wildman–Crippen LogP) is 3.89. The lowest BCUT2D eigenvalue weighted by atomic mass is 10.1. The molecule has 0 aliphatic heterocycles. The van der Waals surface area contributed by atoms with Crippen LogP contribution in [0.3, 0.4) is 0 Å². The molecule has 0 radical (unpaired) electrons. The topological polar surface area (TPSA) is 43.4 Å². The second kappa shape index (κ2) is 9.10. The van der Waals surface area contributed by atoms with Crippen molar-refractivity contribution in [2.75, 3.05) is 6.61 Å². The van der Waals surface area contributed by atoms with Gasteiger partial charge in [-0.1, -0.05) is 69.4 Å². The van der Waals surface area contributed by atoms with E-state index < -0.39 is 10.1 Å². The fourth-order valence-electron chi connectivity index (χ4n) is 1.89. The van der Waals surface area contributed by atoms with Gasteiger partial charge in [0.25, 0.3) is 10.1 Å². The third kappa shape index (κ3) is 8.01. The molecule has 0 aliphatic carbocycles. The Morgan fingerprint density at radius 1 is 0.947 bits per heavy atom. The van der Waals surface area contributed by atoms with Crippen LogP contribution in [0.2, 0.25) is 0 Å². The van der Waals surface area contributed by atoms with E-state index in [0.29, 0.717) is 6.61 Å². The maximum absolute atomic E-state index is 11.7. The summed E-state index contributed by atoms with van der Waals surface area (Å²) in [5, 5.41) is 0. The zero-order chi connectivity index (χ0) is 14.0. The zero-order valence-corrected chi connectivity index (χ0v) is 12.5. The number of benzene rings is 1. The highest BCUT2D eigenvalue weighted by atomic mass is 32.2. The molecule has 1 aromatic carbocycles. The van der Waals surface area contributed by atoms with Crippen LogP contribution in [0.25, 0.3) is 0 Å². The SMILES string of the molecule is CCCCCCCCOS(=O)(=O)Cc1ccccc1. The van der Waals surface area contributed by atoms with Gasteiger partial charge < -0.3 is 0 Å². The van der Waals surface area contributed by atoms with Crippen molar-refractivity contribution < 1.29 is 12.6 Å². The standard InChI is InChI=1S/C15H24O3S/c1-2-3-4-5-6-10-13-18-19(16,17)14-15-11-8-7-9-12-15/h7-9,11-12H,2-6,10,13-14H2,1H3. The quantitative estimate of drug-likeness (QED) is 0.483. The Hall–Kier alpha value is -0.870. The van der Waals surface area contributed by atoms with E-state index >= 15 is 0 Å². The van der Waals surface area contributed by atoms with Gasteiger partial charge in [-0.25, -0.2) is 0 Å². The molecule has 0 saturated carbocycles. The Bertz CT molecular complexity index is 426. The number of rotatable bonds is 10. The Morgan fingerprint density at radius 2 is 1.58 bits per heavy atom. The first-order valence-corrected chi connectivity index (χ1v) is 8.63. The Kier molecular flexibility index (Phi) is 7.75. The van der Waals surface area contributed by atoms with E-state index in [1.165, 1.54) is 19.3 Å². The molecule has 0 unspecified atom stereocenters. The molecule has 3 nitrogen and oxygen atoms in total. The van der Waals surface area contributed by atoms with Crippen molar-refractivity contribution >= 4 is 10.1 Å².